The fraction of sp³-hybridized carbons (Fsp3) is 0.227. The first kappa shape index (κ1) is 21.4. The van der Waals surface area contributed by atoms with Gasteiger partial charge in [-0.1, -0.05) is 11.6 Å². The van der Waals surface area contributed by atoms with Crippen LogP contribution in [0.4, 0.5) is 5.69 Å². The molecule has 0 unspecified atom stereocenters. The minimum atomic E-state index is -0.622. The summed E-state index contributed by atoms with van der Waals surface area (Å²) >= 11 is 5.99. The molecule has 8 heteroatoms. The second-order valence-corrected chi connectivity index (χ2v) is 7.18. The van der Waals surface area contributed by atoms with Crippen molar-refractivity contribution in [3.8, 4) is 5.75 Å². The number of esters is 1. The molecule has 2 aromatic carbocycles. The standard InChI is InChI=1S/C22H20ClNO6/c1-11-7-17(28-3)20-12(2)15(22(27)30-18(20)8-11)10-19(25)24-16-9-13(23)5-6-14(16)21(26)29-4/h5-9H,10H2,1-4H3,(H,24,25). The molecule has 0 bridgehead atoms. The molecule has 0 saturated carbocycles. The lowest BCUT2D eigenvalue weighted by Gasteiger charge is -2.13. The van der Waals surface area contributed by atoms with Crippen LogP contribution >= 0.6 is 11.6 Å². The Morgan fingerprint density at radius 1 is 1.13 bits per heavy atom. The Bertz CT molecular complexity index is 1210. The number of rotatable bonds is 5. The topological polar surface area (TPSA) is 94.8 Å². The van der Waals surface area contributed by atoms with Gasteiger partial charge in [-0.2, -0.15) is 0 Å². The summed E-state index contributed by atoms with van der Waals surface area (Å²) in [5.74, 6) is -0.581. The molecule has 1 amide bonds. The molecule has 156 valence electrons. The average molecular weight is 430 g/mol. The fourth-order valence-corrected chi connectivity index (χ4v) is 3.44. The molecule has 30 heavy (non-hydrogen) atoms. The maximum absolute atomic E-state index is 12.7. The molecule has 0 saturated heterocycles. The second-order valence-electron chi connectivity index (χ2n) is 6.74. The van der Waals surface area contributed by atoms with E-state index in [1.807, 2.05) is 13.0 Å². The minimum Gasteiger partial charge on any atom is -0.496 e. The summed E-state index contributed by atoms with van der Waals surface area (Å²) in [6.07, 6.45) is -0.256. The van der Waals surface area contributed by atoms with Gasteiger partial charge in [0.25, 0.3) is 0 Å². The van der Waals surface area contributed by atoms with Crippen LogP contribution in [0.2, 0.25) is 5.02 Å². The van der Waals surface area contributed by atoms with Crippen molar-refractivity contribution in [1.29, 1.82) is 0 Å². The van der Waals surface area contributed by atoms with Crippen LogP contribution in [0.1, 0.15) is 27.0 Å². The SMILES string of the molecule is COC(=O)c1ccc(Cl)cc1NC(=O)Cc1c(C)c2c(OC)cc(C)cc2oc1=O. The lowest BCUT2D eigenvalue weighted by Crippen LogP contribution is -2.22. The van der Waals surface area contributed by atoms with Gasteiger partial charge in [-0.05, 0) is 55.3 Å². The van der Waals surface area contributed by atoms with Crippen LogP contribution < -0.4 is 15.7 Å². The number of ether oxygens (including phenoxy) is 2. The lowest BCUT2D eigenvalue weighted by atomic mass is 10.0. The van der Waals surface area contributed by atoms with Crippen molar-refractivity contribution in [3.63, 3.8) is 0 Å². The predicted molar refractivity (Wildman–Crippen MR) is 114 cm³/mol. The molecule has 1 heterocycles. The molecular weight excluding hydrogens is 410 g/mol. The van der Waals surface area contributed by atoms with Crippen LogP contribution in [0.3, 0.4) is 0 Å². The first-order valence-corrected chi connectivity index (χ1v) is 9.41. The number of carbonyl (C=O) groups excluding carboxylic acids is 2. The highest BCUT2D eigenvalue weighted by molar-refractivity contribution is 6.31. The number of aryl methyl sites for hydroxylation is 2. The van der Waals surface area contributed by atoms with Crippen molar-refractivity contribution in [2.45, 2.75) is 20.3 Å². The largest absolute Gasteiger partial charge is 0.496 e. The lowest BCUT2D eigenvalue weighted by molar-refractivity contribution is -0.115. The summed E-state index contributed by atoms with van der Waals surface area (Å²) in [4.78, 5) is 37.2. The number of methoxy groups -OCH3 is 2. The molecule has 0 radical (unpaired) electrons. The van der Waals surface area contributed by atoms with Gasteiger partial charge in [-0.3, -0.25) is 4.79 Å². The summed E-state index contributed by atoms with van der Waals surface area (Å²) in [6.45, 7) is 3.60. The number of amides is 1. The van der Waals surface area contributed by atoms with Gasteiger partial charge in [-0.25, -0.2) is 9.59 Å². The van der Waals surface area contributed by atoms with Crippen LogP contribution in [-0.4, -0.2) is 26.1 Å². The Hall–Kier alpha value is -3.32. The number of fused-ring (bicyclic) bond motifs is 1. The molecule has 1 N–H and O–H groups in total. The van der Waals surface area contributed by atoms with Crippen LogP contribution in [0.5, 0.6) is 5.75 Å². The zero-order valence-corrected chi connectivity index (χ0v) is 17.7. The van der Waals surface area contributed by atoms with Crippen LogP contribution in [0, 0.1) is 13.8 Å². The smallest absolute Gasteiger partial charge is 0.340 e. The number of hydrogen-bond donors (Lipinski definition) is 1. The van der Waals surface area contributed by atoms with E-state index in [4.69, 9.17) is 25.5 Å². The Kier molecular flexibility index (Phi) is 6.12. The third-order valence-electron chi connectivity index (χ3n) is 4.71. The van der Waals surface area contributed by atoms with Crippen molar-refractivity contribution in [3.05, 3.63) is 68.0 Å². The van der Waals surface area contributed by atoms with Gasteiger partial charge >= 0.3 is 11.6 Å². The molecule has 0 fully saturated rings. The molecular formula is C22H20ClNO6. The van der Waals surface area contributed by atoms with Crippen molar-refractivity contribution >= 4 is 40.1 Å². The predicted octanol–water partition coefficient (Wildman–Crippen LogP) is 4.04. The van der Waals surface area contributed by atoms with Gasteiger partial charge < -0.3 is 19.2 Å². The van der Waals surface area contributed by atoms with Crippen LogP contribution in [0.25, 0.3) is 11.0 Å². The van der Waals surface area contributed by atoms with Crippen molar-refractivity contribution < 1.29 is 23.5 Å². The highest BCUT2D eigenvalue weighted by Crippen LogP contribution is 2.31. The molecule has 3 rings (SSSR count). The minimum absolute atomic E-state index is 0.148. The van der Waals surface area contributed by atoms with Gasteiger partial charge in [-0.15, -0.1) is 0 Å². The maximum Gasteiger partial charge on any atom is 0.340 e. The van der Waals surface area contributed by atoms with Crippen molar-refractivity contribution in [1.82, 2.24) is 0 Å². The van der Waals surface area contributed by atoms with Crippen molar-refractivity contribution in [2.24, 2.45) is 0 Å². The van der Waals surface area contributed by atoms with E-state index in [0.717, 1.165) is 5.56 Å². The zero-order valence-electron chi connectivity index (χ0n) is 16.9. The van der Waals surface area contributed by atoms with E-state index in [2.05, 4.69) is 5.32 Å². The zero-order chi connectivity index (χ0) is 22.0. The van der Waals surface area contributed by atoms with E-state index in [-0.39, 0.29) is 23.2 Å². The number of halogens is 1. The highest BCUT2D eigenvalue weighted by Gasteiger charge is 2.20. The number of carbonyl (C=O) groups is 2. The Balaban J connectivity index is 1.99. The molecule has 1 aromatic heterocycles. The first-order chi connectivity index (χ1) is 14.2. The monoisotopic (exact) mass is 429 g/mol. The quantitative estimate of drug-likeness (QED) is 0.486. The number of anilines is 1. The molecule has 0 spiro atoms. The summed E-state index contributed by atoms with van der Waals surface area (Å²) in [7, 11) is 2.76. The number of benzene rings is 2. The normalized spacial score (nSPS) is 10.7. The molecule has 3 aromatic rings. The van der Waals surface area contributed by atoms with E-state index < -0.39 is 17.5 Å². The van der Waals surface area contributed by atoms with Gasteiger partial charge in [0.05, 0.1) is 42.8 Å². The first-order valence-electron chi connectivity index (χ1n) is 9.03. The van der Waals surface area contributed by atoms with Crippen LogP contribution in [-0.2, 0) is 16.0 Å². The Labute approximate surface area is 177 Å². The van der Waals surface area contributed by atoms with E-state index in [0.29, 0.717) is 27.3 Å². The summed E-state index contributed by atoms with van der Waals surface area (Å²) in [5, 5.41) is 3.58. The number of nitrogens with one attached hydrogen (secondary N) is 1. The molecule has 0 aliphatic carbocycles. The third kappa shape index (κ3) is 4.16. The van der Waals surface area contributed by atoms with E-state index in [1.165, 1.54) is 32.4 Å². The van der Waals surface area contributed by atoms with E-state index in [9.17, 15) is 14.4 Å². The van der Waals surface area contributed by atoms with Gasteiger partial charge in [0.2, 0.25) is 5.91 Å². The van der Waals surface area contributed by atoms with Gasteiger partial charge in [0.15, 0.2) is 0 Å². The molecule has 0 aliphatic heterocycles. The molecule has 0 aliphatic rings. The van der Waals surface area contributed by atoms with E-state index >= 15 is 0 Å². The van der Waals surface area contributed by atoms with Gasteiger partial charge in [0.1, 0.15) is 11.3 Å². The molecule has 0 atom stereocenters. The third-order valence-corrected chi connectivity index (χ3v) is 4.94. The Morgan fingerprint density at radius 3 is 2.53 bits per heavy atom. The Morgan fingerprint density at radius 2 is 1.87 bits per heavy atom. The summed E-state index contributed by atoms with van der Waals surface area (Å²) in [6, 6.07) is 7.97. The summed E-state index contributed by atoms with van der Waals surface area (Å²) in [5.41, 5.74) is 1.79. The summed E-state index contributed by atoms with van der Waals surface area (Å²) < 4.78 is 15.6. The fourth-order valence-electron chi connectivity index (χ4n) is 3.27. The second kappa shape index (κ2) is 8.59. The average Bonchev–Trinajstić information content (AvgIpc) is 2.69. The van der Waals surface area contributed by atoms with Crippen molar-refractivity contribution in [2.75, 3.05) is 19.5 Å². The van der Waals surface area contributed by atoms with E-state index in [1.54, 1.807) is 13.0 Å². The highest BCUT2D eigenvalue weighted by atomic mass is 35.5. The number of hydrogen-bond acceptors (Lipinski definition) is 6. The van der Waals surface area contributed by atoms with Gasteiger partial charge in [0, 0.05) is 5.02 Å². The maximum atomic E-state index is 12.7. The molecule has 7 nitrogen and oxygen atoms in total. The van der Waals surface area contributed by atoms with Crippen LogP contribution in [0.15, 0.2) is 39.5 Å².